The van der Waals surface area contributed by atoms with Crippen molar-refractivity contribution in [1.29, 1.82) is 0 Å². The molecule has 0 radical (unpaired) electrons. The van der Waals surface area contributed by atoms with E-state index in [4.69, 9.17) is 23.2 Å². The summed E-state index contributed by atoms with van der Waals surface area (Å²) in [5.41, 5.74) is 0.834. The second-order valence-electron chi connectivity index (χ2n) is 4.11. The minimum Gasteiger partial charge on any atom is -0.302 e. The van der Waals surface area contributed by atoms with Crippen LogP contribution in [0.5, 0.6) is 0 Å². The minimum atomic E-state index is -1.39. The molecule has 0 aliphatic carbocycles. The maximum atomic E-state index is 11.8. The summed E-state index contributed by atoms with van der Waals surface area (Å²) in [7, 11) is 1.64. The van der Waals surface area contributed by atoms with Gasteiger partial charge in [0.25, 0.3) is 0 Å². The number of hydrogen-bond acceptors (Lipinski definition) is 2. The van der Waals surface area contributed by atoms with Crippen molar-refractivity contribution in [3.8, 4) is 0 Å². The number of likely N-dealkylation sites (N-methyl/N-ethyl adjacent to an activating group) is 1. The monoisotopic (exact) mass is 306 g/mol. The molecule has 4 nitrogen and oxygen atoms in total. The average Bonchev–Trinajstić information content (AvgIpc) is 2.31. The zero-order valence-electron chi connectivity index (χ0n) is 9.60. The first-order valence-corrected chi connectivity index (χ1v) is 7.19. The van der Waals surface area contributed by atoms with Crippen molar-refractivity contribution in [2.45, 2.75) is 18.5 Å². The SMILES string of the molecule is CN1C(C=O)CC(c2cc(Cl)cc(Cl)c2)NS1=O. The van der Waals surface area contributed by atoms with Crippen LogP contribution in [-0.4, -0.2) is 27.9 Å². The Hall–Kier alpha value is -0.460. The van der Waals surface area contributed by atoms with E-state index in [1.807, 2.05) is 0 Å². The molecule has 18 heavy (non-hydrogen) atoms. The molecule has 1 heterocycles. The molecule has 1 N–H and O–H groups in total. The van der Waals surface area contributed by atoms with Crippen molar-refractivity contribution in [1.82, 2.24) is 9.03 Å². The summed E-state index contributed by atoms with van der Waals surface area (Å²) < 4.78 is 16.2. The highest BCUT2D eigenvalue weighted by atomic mass is 35.5. The molecular formula is C11H12Cl2N2O2S. The Morgan fingerprint density at radius 1 is 1.39 bits per heavy atom. The van der Waals surface area contributed by atoms with E-state index in [1.165, 1.54) is 4.31 Å². The van der Waals surface area contributed by atoms with Gasteiger partial charge in [-0.15, -0.1) is 0 Å². The first-order chi connectivity index (χ1) is 8.51. The van der Waals surface area contributed by atoms with E-state index in [1.54, 1.807) is 25.2 Å². The predicted octanol–water partition coefficient (Wildman–Crippen LogP) is 2.11. The molecular weight excluding hydrogens is 295 g/mol. The molecule has 0 bridgehead atoms. The highest BCUT2D eigenvalue weighted by Gasteiger charge is 2.31. The van der Waals surface area contributed by atoms with Gasteiger partial charge >= 0.3 is 0 Å². The van der Waals surface area contributed by atoms with Crippen LogP contribution in [0.1, 0.15) is 18.0 Å². The Morgan fingerprint density at radius 3 is 2.56 bits per heavy atom. The highest BCUT2D eigenvalue weighted by molar-refractivity contribution is 7.80. The number of hydrogen-bond donors (Lipinski definition) is 1. The van der Waals surface area contributed by atoms with E-state index in [9.17, 15) is 9.00 Å². The van der Waals surface area contributed by atoms with Crippen molar-refractivity contribution < 1.29 is 9.00 Å². The van der Waals surface area contributed by atoms with E-state index in [2.05, 4.69) is 4.72 Å². The van der Waals surface area contributed by atoms with Crippen LogP contribution in [0.25, 0.3) is 0 Å². The van der Waals surface area contributed by atoms with Crippen molar-refractivity contribution in [3.63, 3.8) is 0 Å². The Bertz CT molecular complexity index is 478. The molecule has 0 spiro atoms. The fourth-order valence-electron chi connectivity index (χ4n) is 1.89. The number of carbonyl (C=O) groups is 1. The smallest absolute Gasteiger partial charge is 0.170 e. The normalized spacial score (nSPS) is 29.2. The van der Waals surface area contributed by atoms with Gasteiger partial charge in [0, 0.05) is 23.1 Å². The summed E-state index contributed by atoms with van der Waals surface area (Å²) in [6, 6.07) is 4.57. The molecule has 0 saturated carbocycles. The molecule has 1 saturated heterocycles. The molecule has 0 amide bonds. The number of nitrogens with one attached hydrogen (secondary N) is 1. The molecule has 2 rings (SSSR count). The van der Waals surface area contributed by atoms with Crippen LogP contribution in [0.2, 0.25) is 10.0 Å². The third-order valence-electron chi connectivity index (χ3n) is 2.89. The van der Waals surface area contributed by atoms with E-state index in [0.29, 0.717) is 16.5 Å². The van der Waals surface area contributed by atoms with Crippen molar-refractivity contribution >= 4 is 40.7 Å². The minimum absolute atomic E-state index is 0.201. The molecule has 1 aromatic rings. The van der Waals surface area contributed by atoms with Crippen LogP contribution in [-0.2, 0) is 16.0 Å². The van der Waals surface area contributed by atoms with E-state index in [0.717, 1.165) is 11.8 Å². The number of carbonyl (C=O) groups excluding carboxylic acids is 1. The third-order valence-corrected chi connectivity index (χ3v) is 4.61. The van der Waals surface area contributed by atoms with Gasteiger partial charge in [-0.1, -0.05) is 23.2 Å². The molecule has 7 heteroatoms. The fourth-order valence-corrected chi connectivity index (χ4v) is 3.45. The van der Waals surface area contributed by atoms with Crippen LogP contribution in [0.4, 0.5) is 0 Å². The van der Waals surface area contributed by atoms with Gasteiger partial charge in [0.1, 0.15) is 6.29 Å². The Labute approximate surface area is 118 Å². The Kier molecular flexibility index (Phi) is 4.40. The second-order valence-corrected chi connectivity index (χ2v) is 6.29. The molecule has 1 aliphatic rings. The topological polar surface area (TPSA) is 49.4 Å². The van der Waals surface area contributed by atoms with E-state index >= 15 is 0 Å². The Morgan fingerprint density at radius 2 is 2.00 bits per heavy atom. The van der Waals surface area contributed by atoms with Gasteiger partial charge in [-0.25, -0.2) is 13.2 Å². The van der Waals surface area contributed by atoms with E-state index < -0.39 is 11.2 Å². The van der Waals surface area contributed by atoms with Gasteiger partial charge < -0.3 is 4.79 Å². The fraction of sp³-hybridized carbons (Fsp3) is 0.364. The number of benzene rings is 1. The maximum Gasteiger partial charge on any atom is 0.170 e. The van der Waals surface area contributed by atoms with Crippen LogP contribution in [0, 0.1) is 0 Å². The van der Waals surface area contributed by atoms with Crippen molar-refractivity contribution in [3.05, 3.63) is 33.8 Å². The van der Waals surface area contributed by atoms with Gasteiger partial charge in [-0.3, -0.25) is 0 Å². The van der Waals surface area contributed by atoms with Crippen LogP contribution in [0.3, 0.4) is 0 Å². The van der Waals surface area contributed by atoms with Crippen molar-refractivity contribution in [2.24, 2.45) is 0 Å². The molecule has 98 valence electrons. The summed E-state index contributed by atoms with van der Waals surface area (Å²) in [6.07, 6.45) is 1.33. The largest absolute Gasteiger partial charge is 0.302 e. The zero-order chi connectivity index (χ0) is 13.3. The molecule has 1 aliphatic heterocycles. The lowest BCUT2D eigenvalue weighted by Gasteiger charge is -2.33. The number of nitrogens with zero attached hydrogens (tertiary/aromatic N) is 1. The summed E-state index contributed by atoms with van der Waals surface area (Å²) in [4.78, 5) is 11.0. The lowest BCUT2D eigenvalue weighted by molar-refractivity contribution is -0.111. The summed E-state index contributed by atoms with van der Waals surface area (Å²) >= 11 is 10.5. The lowest BCUT2D eigenvalue weighted by Crippen LogP contribution is -2.48. The quantitative estimate of drug-likeness (QED) is 0.851. The maximum absolute atomic E-state index is 11.8. The van der Waals surface area contributed by atoms with Crippen LogP contribution in [0.15, 0.2) is 18.2 Å². The predicted molar refractivity (Wildman–Crippen MR) is 72.7 cm³/mol. The molecule has 1 aromatic carbocycles. The van der Waals surface area contributed by atoms with Gasteiger partial charge in [0.15, 0.2) is 11.2 Å². The number of halogens is 2. The molecule has 1 fully saturated rings. The van der Waals surface area contributed by atoms with Gasteiger partial charge in [-0.2, -0.15) is 0 Å². The first kappa shape index (κ1) is 14.0. The highest BCUT2D eigenvalue weighted by Crippen LogP contribution is 2.29. The molecule has 3 atom stereocenters. The first-order valence-electron chi connectivity index (χ1n) is 5.33. The Balaban J connectivity index is 2.28. The number of rotatable bonds is 2. The molecule has 3 unspecified atom stereocenters. The van der Waals surface area contributed by atoms with E-state index in [-0.39, 0.29) is 12.1 Å². The lowest BCUT2D eigenvalue weighted by atomic mass is 10.0. The van der Waals surface area contributed by atoms with Crippen LogP contribution >= 0.6 is 23.2 Å². The van der Waals surface area contributed by atoms with Crippen LogP contribution < -0.4 is 4.72 Å². The third kappa shape index (κ3) is 2.92. The average molecular weight is 307 g/mol. The second kappa shape index (κ2) is 5.67. The standard InChI is InChI=1S/C11H12Cl2N2O2S/c1-15-10(6-16)5-11(14-18(15)17)7-2-8(12)4-9(13)3-7/h2-4,6,10-11,14H,5H2,1H3. The van der Waals surface area contributed by atoms with Gasteiger partial charge in [-0.05, 0) is 30.2 Å². The molecule has 0 aromatic heterocycles. The summed E-state index contributed by atoms with van der Waals surface area (Å²) in [5.74, 6) is 0. The zero-order valence-corrected chi connectivity index (χ0v) is 11.9. The van der Waals surface area contributed by atoms with Gasteiger partial charge in [0.2, 0.25) is 0 Å². The number of aldehydes is 1. The van der Waals surface area contributed by atoms with Crippen molar-refractivity contribution in [2.75, 3.05) is 7.05 Å². The summed E-state index contributed by atoms with van der Waals surface area (Å²) in [5, 5.41) is 1.04. The summed E-state index contributed by atoms with van der Waals surface area (Å²) in [6.45, 7) is 0. The van der Waals surface area contributed by atoms with Gasteiger partial charge in [0.05, 0.1) is 6.04 Å².